The third kappa shape index (κ3) is 1.52. The molecule has 3 aromatic rings. The maximum Gasteiger partial charge on any atom is 0.212 e. The molecule has 88 valence electrons. The number of rotatable bonds is 2. The van der Waals surface area contributed by atoms with Crippen molar-refractivity contribution >= 4 is 16.8 Å². The Balaban J connectivity index is 2.26. The number of nitrogens with two attached hydrogens (primary N) is 1. The van der Waals surface area contributed by atoms with Crippen molar-refractivity contribution in [1.82, 2.24) is 14.4 Å². The third-order valence-corrected chi connectivity index (χ3v) is 3.16. The minimum absolute atomic E-state index is 0.509. The van der Waals surface area contributed by atoms with E-state index in [0.29, 0.717) is 12.5 Å². The van der Waals surface area contributed by atoms with Crippen LogP contribution in [0, 0.1) is 0 Å². The van der Waals surface area contributed by atoms with Crippen molar-refractivity contribution in [3.05, 3.63) is 35.7 Å². The summed E-state index contributed by atoms with van der Waals surface area (Å²) in [5.74, 6) is 1.39. The zero-order valence-corrected chi connectivity index (χ0v) is 10.1. The first-order chi connectivity index (χ1) is 8.19. The second-order valence-electron chi connectivity index (χ2n) is 4.69. The molecule has 0 aliphatic heterocycles. The van der Waals surface area contributed by atoms with Crippen molar-refractivity contribution in [3.63, 3.8) is 0 Å². The maximum absolute atomic E-state index is 5.61. The number of nitrogens with one attached hydrogen (secondary N) is 1. The van der Waals surface area contributed by atoms with Gasteiger partial charge in [0.1, 0.15) is 0 Å². The van der Waals surface area contributed by atoms with E-state index in [0.717, 1.165) is 22.5 Å². The first-order valence-corrected chi connectivity index (χ1v) is 5.88. The number of imidazole rings is 2. The average Bonchev–Trinajstić information content (AvgIpc) is 2.84. The minimum Gasteiger partial charge on any atom is -0.326 e. The van der Waals surface area contributed by atoms with Crippen LogP contribution in [0.1, 0.15) is 31.0 Å². The molecule has 4 nitrogen and oxygen atoms in total. The lowest BCUT2D eigenvalue weighted by molar-refractivity contribution is 0.868. The molecule has 0 aliphatic carbocycles. The van der Waals surface area contributed by atoms with Gasteiger partial charge in [-0.25, -0.2) is 4.98 Å². The topological polar surface area (TPSA) is 59.1 Å². The SMILES string of the molecule is CC(C)c1ccc2c(c1)nc1[nH]c(CN)cn12. The molecule has 3 rings (SSSR count). The van der Waals surface area contributed by atoms with Crippen molar-refractivity contribution in [2.24, 2.45) is 5.73 Å². The summed E-state index contributed by atoms with van der Waals surface area (Å²) in [5.41, 5.74) is 10.1. The molecule has 0 bridgehead atoms. The number of aromatic amines is 1. The van der Waals surface area contributed by atoms with Crippen LogP contribution in [0.4, 0.5) is 0 Å². The Labute approximate surface area is 99.5 Å². The van der Waals surface area contributed by atoms with E-state index in [4.69, 9.17) is 5.73 Å². The Morgan fingerprint density at radius 2 is 2.24 bits per heavy atom. The summed E-state index contributed by atoms with van der Waals surface area (Å²) >= 11 is 0. The van der Waals surface area contributed by atoms with Crippen LogP contribution in [0.25, 0.3) is 16.8 Å². The van der Waals surface area contributed by atoms with Crippen molar-refractivity contribution in [3.8, 4) is 0 Å². The molecule has 2 heterocycles. The van der Waals surface area contributed by atoms with E-state index >= 15 is 0 Å². The normalized spacial score (nSPS) is 12.0. The summed E-state index contributed by atoms with van der Waals surface area (Å²) in [4.78, 5) is 7.79. The summed E-state index contributed by atoms with van der Waals surface area (Å²) < 4.78 is 2.06. The molecule has 0 radical (unpaired) electrons. The fourth-order valence-corrected chi connectivity index (χ4v) is 2.13. The predicted octanol–water partition coefficient (Wildman–Crippen LogP) is 2.40. The minimum atomic E-state index is 0.509. The van der Waals surface area contributed by atoms with Crippen LogP contribution in [0.2, 0.25) is 0 Å². The number of nitrogens with zero attached hydrogens (tertiary/aromatic N) is 2. The highest BCUT2D eigenvalue weighted by Crippen LogP contribution is 2.22. The Bertz CT molecular complexity index is 675. The van der Waals surface area contributed by atoms with Crippen LogP contribution in [-0.4, -0.2) is 14.4 Å². The fourth-order valence-electron chi connectivity index (χ4n) is 2.13. The predicted molar refractivity (Wildman–Crippen MR) is 69.0 cm³/mol. The summed E-state index contributed by atoms with van der Waals surface area (Å²) in [6.07, 6.45) is 2.01. The number of hydrogen-bond donors (Lipinski definition) is 2. The molecule has 0 atom stereocenters. The number of H-pyrrole nitrogens is 1. The second-order valence-corrected chi connectivity index (χ2v) is 4.69. The molecule has 0 aliphatic rings. The lowest BCUT2D eigenvalue weighted by Crippen LogP contribution is -1.95. The number of benzene rings is 1. The molecular formula is C13H16N4. The Morgan fingerprint density at radius 1 is 1.41 bits per heavy atom. The molecule has 17 heavy (non-hydrogen) atoms. The monoisotopic (exact) mass is 228 g/mol. The van der Waals surface area contributed by atoms with E-state index in [1.165, 1.54) is 5.56 Å². The highest BCUT2D eigenvalue weighted by atomic mass is 15.1. The van der Waals surface area contributed by atoms with Gasteiger partial charge < -0.3 is 10.7 Å². The summed E-state index contributed by atoms with van der Waals surface area (Å²) in [7, 11) is 0. The van der Waals surface area contributed by atoms with Gasteiger partial charge in [0.15, 0.2) is 0 Å². The number of fused-ring (bicyclic) bond motifs is 3. The Kier molecular flexibility index (Phi) is 2.19. The highest BCUT2D eigenvalue weighted by molar-refractivity contribution is 5.80. The molecule has 3 N–H and O–H groups in total. The van der Waals surface area contributed by atoms with Crippen LogP contribution in [0.15, 0.2) is 24.4 Å². The zero-order chi connectivity index (χ0) is 12.0. The number of aromatic nitrogens is 3. The Hall–Kier alpha value is -1.81. The van der Waals surface area contributed by atoms with Gasteiger partial charge in [-0.3, -0.25) is 4.40 Å². The van der Waals surface area contributed by atoms with Crippen LogP contribution >= 0.6 is 0 Å². The van der Waals surface area contributed by atoms with Gasteiger partial charge in [-0.05, 0) is 23.6 Å². The quantitative estimate of drug-likeness (QED) is 0.707. The van der Waals surface area contributed by atoms with Crippen LogP contribution in [0.3, 0.4) is 0 Å². The summed E-state index contributed by atoms with van der Waals surface area (Å²) in [6.45, 7) is 4.89. The van der Waals surface area contributed by atoms with Crippen molar-refractivity contribution in [1.29, 1.82) is 0 Å². The largest absolute Gasteiger partial charge is 0.326 e. The van der Waals surface area contributed by atoms with Gasteiger partial charge in [0.05, 0.1) is 11.0 Å². The molecule has 0 saturated carbocycles. The van der Waals surface area contributed by atoms with Gasteiger partial charge in [-0.1, -0.05) is 19.9 Å². The molecule has 0 unspecified atom stereocenters. The molecule has 0 spiro atoms. The first-order valence-electron chi connectivity index (χ1n) is 5.88. The second kappa shape index (κ2) is 3.60. The molecule has 4 heteroatoms. The Morgan fingerprint density at radius 3 is 2.94 bits per heavy atom. The smallest absolute Gasteiger partial charge is 0.212 e. The molecule has 0 amide bonds. The van der Waals surface area contributed by atoms with E-state index in [2.05, 4.69) is 46.4 Å². The van der Waals surface area contributed by atoms with Gasteiger partial charge in [-0.2, -0.15) is 0 Å². The van der Waals surface area contributed by atoms with E-state index in [1.54, 1.807) is 0 Å². The standard InChI is InChI=1S/C13H16N4/c1-8(2)9-3-4-12-11(5-9)16-13-15-10(6-14)7-17(12)13/h3-5,7-8H,6,14H2,1-2H3,(H,15,16). The van der Waals surface area contributed by atoms with Gasteiger partial charge in [0, 0.05) is 18.4 Å². The van der Waals surface area contributed by atoms with Crippen molar-refractivity contribution < 1.29 is 0 Å². The van der Waals surface area contributed by atoms with Gasteiger partial charge >= 0.3 is 0 Å². The lowest BCUT2D eigenvalue weighted by Gasteiger charge is -2.03. The number of hydrogen-bond acceptors (Lipinski definition) is 2. The van der Waals surface area contributed by atoms with E-state index < -0.39 is 0 Å². The van der Waals surface area contributed by atoms with E-state index in [9.17, 15) is 0 Å². The fraction of sp³-hybridized carbons (Fsp3) is 0.308. The lowest BCUT2D eigenvalue weighted by atomic mass is 10.0. The van der Waals surface area contributed by atoms with Gasteiger partial charge in [0.2, 0.25) is 5.78 Å². The van der Waals surface area contributed by atoms with Crippen LogP contribution in [-0.2, 0) is 6.54 Å². The molecule has 0 saturated heterocycles. The molecule has 1 aromatic carbocycles. The third-order valence-electron chi connectivity index (χ3n) is 3.16. The van der Waals surface area contributed by atoms with Crippen LogP contribution < -0.4 is 5.73 Å². The average molecular weight is 228 g/mol. The maximum atomic E-state index is 5.61. The van der Waals surface area contributed by atoms with Crippen molar-refractivity contribution in [2.45, 2.75) is 26.3 Å². The molecule has 0 fully saturated rings. The van der Waals surface area contributed by atoms with Gasteiger partial charge in [0.25, 0.3) is 0 Å². The summed E-state index contributed by atoms with van der Waals surface area (Å²) in [5, 5.41) is 0. The summed E-state index contributed by atoms with van der Waals surface area (Å²) in [6, 6.07) is 6.44. The zero-order valence-electron chi connectivity index (χ0n) is 10.1. The first kappa shape index (κ1) is 10.4. The van der Waals surface area contributed by atoms with Gasteiger partial charge in [-0.15, -0.1) is 0 Å². The van der Waals surface area contributed by atoms with E-state index in [-0.39, 0.29) is 0 Å². The van der Waals surface area contributed by atoms with Crippen molar-refractivity contribution in [2.75, 3.05) is 0 Å². The molecule has 2 aromatic heterocycles. The highest BCUT2D eigenvalue weighted by Gasteiger charge is 2.09. The van der Waals surface area contributed by atoms with Crippen LogP contribution in [0.5, 0.6) is 0 Å². The van der Waals surface area contributed by atoms with E-state index in [1.807, 2.05) is 6.20 Å². The molecular weight excluding hydrogens is 212 g/mol.